The summed E-state index contributed by atoms with van der Waals surface area (Å²) in [5.74, 6) is 0.565. The minimum absolute atomic E-state index is 0.261. The van der Waals surface area contributed by atoms with Gasteiger partial charge in [-0.25, -0.2) is 8.42 Å². The number of thioether (sulfide) groups is 1. The smallest absolute Gasteiger partial charge is 0.151 e. The molecule has 5 heteroatoms. The first-order valence-corrected chi connectivity index (χ1v) is 9.04. The third-order valence-electron chi connectivity index (χ3n) is 3.48. The van der Waals surface area contributed by atoms with E-state index in [0.717, 1.165) is 0 Å². The summed E-state index contributed by atoms with van der Waals surface area (Å²) in [5, 5.41) is 0.689. The van der Waals surface area contributed by atoms with Gasteiger partial charge in [0.15, 0.2) is 9.84 Å². The van der Waals surface area contributed by atoms with Gasteiger partial charge >= 0.3 is 0 Å². The van der Waals surface area contributed by atoms with Crippen LogP contribution in [0.5, 0.6) is 0 Å². The zero-order chi connectivity index (χ0) is 12.2. The van der Waals surface area contributed by atoms with Crippen molar-refractivity contribution >= 4 is 21.6 Å². The van der Waals surface area contributed by atoms with Crippen LogP contribution in [0, 0.1) is 0 Å². The molecule has 0 unspecified atom stereocenters. The van der Waals surface area contributed by atoms with E-state index in [9.17, 15) is 8.42 Å². The fraction of sp³-hybridized carbons (Fsp3) is 1.00. The molecular weight excluding hydrogens is 242 g/mol. The lowest BCUT2D eigenvalue weighted by Gasteiger charge is -2.28. The molecule has 0 aromatic carbocycles. The lowest BCUT2D eigenvalue weighted by atomic mass is 10.2. The summed E-state index contributed by atoms with van der Waals surface area (Å²) in [5.41, 5.74) is 0. The number of rotatable bonds is 6. The molecule has 0 N–H and O–H groups in total. The highest BCUT2D eigenvalue weighted by molar-refractivity contribution is 7.99. The van der Waals surface area contributed by atoms with Crippen molar-refractivity contribution in [3.8, 4) is 0 Å². The van der Waals surface area contributed by atoms with Crippen molar-refractivity contribution in [3.05, 3.63) is 0 Å². The van der Waals surface area contributed by atoms with Crippen molar-refractivity contribution < 1.29 is 8.42 Å². The first-order chi connectivity index (χ1) is 7.50. The van der Waals surface area contributed by atoms with E-state index < -0.39 is 9.84 Å². The predicted octanol–water partition coefficient (Wildman–Crippen LogP) is 1.64. The van der Waals surface area contributed by atoms with Gasteiger partial charge in [0.25, 0.3) is 0 Å². The maximum atomic E-state index is 11.4. The van der Waals surface area contributed by atoms with Gasteiger partial charge in [0.2, 0.25) is 0 Å². The van der Waals surface area contributed by atoms with E-state index in [1.807, 2.05) is 11.8 Å². The molecule has 1 aliphatic carbocycles. The Labute approximate surface area is 104 Å². The topological polar surface area (TPSA) is 37.4 Å². The molecule has 0 saturated heterocycles. The zero-order valence-corrected chi connectivity index (χ0v) is 12.1. The molecule has 0 aliphatic heterocycles. The number of hydrogen-bond acceptors (Lipinski definition) is 4. The Morgan fingerprint density at radius 3 is 2.62 bits per heavy atom. The van der Waals surface area contributed by atoms with Crippen LogP contribution >= 0.6 is 11.8 Å². The molecule has 2 atom stereocenters. The standard InChI is InChI=1S/C11H23NO2S2/c1-4-16(13,14)9-8-12(2)10-6-5-7-11(10)15-3/h10-11H,4-9H2,1-3H3/t10-,11-/m0/s1. The van der Waals surface area contributed by atoms with Crippen molar-refractivity contribution in [2.24, 2.45) is 0 Å². The van der Waals surface area contributed by atoms with Gasteiger partial charge in [0, 0.05) is 23.6 Å². The van der Waals surface area contributed by atoms with Gasteiger partial charge in [-0.1, -0.05) is 13.3 Å². The van der Waals surface area contributed by atoms with Crippen LogP contribution in [0.4, 0.5) is 0 Å². The highest BCUT2D eigenvalue weighted by atomic mass is 32.2. The van der Waals surface area contributed by atoms with Crippen LogP contribution in [0.2, 0.25) is 0 Å². The van der Waals surface area contributed by atoms with E-state index in [2.05, 4.69) is 18.2 Å². The second-order valence-electron chi connectivity index (χ2n) is 4.49. The average Bonchev–Trinajstić information content (AvgIpc) is 2.74. The van der Waals surface area contributed by atoms with Gasteiger partial charge in [-0.2, -0.15) is 11.8 Å². The molecule has 1 rings (SSSR count). The lowest BCUT2D eigenvalue weighted by Crippen LogP contribution is -2.39. The Balaban J connectivity index is 2.43. The molecule has 1 aliphatic rings. The SMILES string of the molecule is CCS(=O)(=O)CCN(C)[C@H]1CCC[C@@H]1SC. The van der Waals surface area contributed by atoms with Crippen molar-refractivity contribution in [1.29, 1.82) is 0 Å². The largest absolute Gasteiger partial charge is 0.301 e. The third kappa shape index (κ3) is 3.93. The molecule has 96 valence electrons. The fourth-order valence-corrected chi connectivity index (χ4v) is 4.19. The Morgan fingerprint density at radius 1 is 1.38 bits per heavy atom. The van der Waals surface area contributed by atoms with Gasteiger partial charge in [-0.3, -0.25) is 0 Å². The summed E-state index contributed by atoms with van der Waals surface area (Å²) in [6, 6.07) is 0.571. The minimum atomic E-state index is -2.82. The van der Waals surface area contributed by atoms with Crippen molar-refractivity contribution in [3.63, 3.8) is 0 Å². The second kappa shape index (κ2) is 6.26. The van der Waals surface area contributed by atoms with E-state index in [-0.39, 0.29) is 5.75 Å². The summed E-state index contributed by atoms with van der Waals surface area (Å²) in [6.07, 6.45) is 5.92. The average molecular weight is 265 g/mol. The Kier molecular flexibility index (Phi) is 5.61. The highest BCUT2D eigenvalue weighted by Gasteiger charge is 2.29. The van der Waals surface area contributed by atoms with E-state index in [0.29, 0.717) is 23.6 Å². The van der Waals surface area contributed by atoms with Gasteiger partial charge < -0.3 is 4.90 Å². The van der Waals surface area contributed by atoms with Crippen LogP contribution in [0.15, 0.2) is 0 Å². The molecule has 0 heterocycles. The van der Waals surface area contributed by atoms with Gasteiger partial charge in [-0.15, -0.1) is 0 Å². The maximum absolute atomic E-state index is 11.4. The zero-order valence-electron chi connectivity index (χ0n) is 10.5. The highest BCUT2D eigenvalue weighted by Crippen LogP contribution is 2.31. The normalized spacial score (nSPS) is 26.5. The molecule has 0 amide bonds. The Hall–Kier alpha value is 0.260. The lowest BCUT2D eigenvalue weighted by molar-refractivity contribution is 0.264. The van der Waals surface area contributed by atoms with Crippen molar-refractivity contribution in [2.75, 3.05) is 31.4 Å². The minimum Gasteiger partial charge on any atom is -0.301 e. The molecule has 1 saturated carbocycles. The number of sulfone groups is 1. The van der Waals surface area contributed by atoms with E-state index in [1.165, 1.54) is 19.3 Å². The molecule has 0 bridgehead atoms. The second-order valence-corrected chi connectivity index (χ2v) is 8.04. The van der Waals surface area contributed by atoms with E-state index in [4.69, 9.17) is 0 Å². The summed E-state index contributed by atoms with van der Waals surface area (Å²) >= 11 is 1.92. The molecule has 3 nitrogen and oxygen atoms in total. The van der Waals surface area contributed by atoms with Crippen LogP contribution in [-0.4, -0.2) is 56.0 Å². The first kappa shape index (κ1) is 14.3. The monoisotopic (exact) mass is 265 g/mol. The van der Waals surface area contributed by atoms with E-state index in [1.54, 1.807) is 6.92 Å². The Morgan fingerprint density at radius 2 is 2.06 bits per heavy atom. The summed E-state index contributed by atoms with van der Waals surface area (Å²) in [6.45, 7) is 2.40. The van der Waals surface area contributed by atoms with Crippen LogP contribution in [0.3, 0.4) is 0 Å². The summed E-state index contributed by atoms with van der Waals surface area (Å²) < 4.78 is 22.9. The molecule has 1 fully saturated rings. The third-order valence-corrected chi connectivity index (χ3v) is 6.32. The van der Waals surface area contributed by atoms with Gasteiger partial charge in [-0.05, 0) is 26.1 Å². The van der Waals surface area contributed by atoms with Crippen LogP contribution in [-0.2, 0) is 9.84 Å². The molecular formula is C11H23NO2S2. The van der Waals surface area contributed by atoms with Crippen LogP contribution in [0.1, 0.15) is 26.2 Å². The van der Waals surface area contributed by atoms with E-state index >= 15 is 0 Å². The fourth-order valence-electron chi connectivity index (χ4n) is 2.28. The first-order valence-electron chi connectivity index (χ1n) is 5.93. The number of nitrogens with zero attached hydrogens (tertiary/aromatic N) is 1. The Bertz CT molecular complexity index is 303. The van der Waals surface area contributed by atoms with Gasteiger partial charge in [0.05, 0.1) is 5.75 Å². The maximum Gasteiger partial charge on any atom is 0.151 e. The van der Waals surface area contributed by atoms with Crippen LogP contribution < -0.4 is 0 Å². The van der Waals surface area contributed by atoms with Crippen molar-refractivity contribution in [2.45, 2.75) is 37.5 Å². The van der Waals surface area contributed by atoms with Crippen LogP contribution in [0.25, 0.3) is 0 Å². The summed E-state index contributed by atoms with van der Waals surface area (Å²) in [7, 11) is -0.757. The van der Waals surface area contributed by atoms with Crippen molar-refractivity contribution in [1.82, 2.24) is 4.90 Å². The number of hydrogen-bond donors (Lipinski definition) is 0. The molecule has 0 aromatic rings. The molecule has 0 aromatic heterocycles. The predicted molar refractivity (Wildman–Crippen MR) is 71.9 cm³/mol. The quantitative estimate of drug-likeness (QED) is 0.731. The molecule has 0 spiro atoms. The molecule has 0 radical (unpaired) electrons. The molecule has 16 heavy (non-hydrogen) atoms. The van der Waals surface area contributed by atoms with Gasteiger partial charge in [0.1, 0.15) is 0 Å². The summed E-state index contributed by atoms with van der Waals surface area (Å²) in [4.78, 5) is 2.24.